The first kappa shape index (κ1) is 17.9. The molecule has 24 heavy (non-hydrogen) atoms. The summed E-state index contributed by atoms with van der Waals surface area (Å²) in [5.41, 5.74) is 0. The van der Waals surface area contributed by atoms with Crippen LogP contribution in [-0.2, 0) is 4.74 Å². The molecule has 134 valence electrons. The average molecular weight is 352 g/mol. The highest BCUT2D eigenvalue weighted by Gasteiger charge is 2.29. The SMILES string of the molecule is COCCN(C(=O)c1ccc([C@H]2CCCN2)s1)C1CCN(C)CC1. The molecule has 2 fully saturated rings. The van der Waals surface area contributed by atoms with Crippen LogP contribution in [0.15, 0.2) is 12.1 Å². The first-order valence-corrected chi connectivity index (χ1v) is 9.82. The molecule has 1 aromatic heterocycles. The summed E-state index contributed by atoms with van der Waals surface area (Å²) in [5, 5.41) is 3.52. The third-order valence-corrected chi connectivity index (χ3v) is 6.35. The van der Waals surface area contributed by atoms with E-state index in [1.165, 1.54) is 17.7 Å². The molecule has 0 radical (unpaired) electrons. The Bertz CT molecular complexity index is 534. The highest BCUT2D eigenvalue weighted by molar-refractivity contribution is 7.14. The van der Waals surface area contributed by atoms with Crippen LogP contribution in [0.2, 0.25) is 0 Å². The van der Waals surface area contributed by atoms with Crippen molar-refractivity contribution < 1.29 is 9.53 Å². The van der Waals surface area contributed by atoms with Crippen LogP contribution in [0.4, 0.5) is 0 Å². The van der Waals surface area contributed by atoms with Gasteiger partial charge in [-0.1, -0.05) is 0 Å². The van der Waals surface area contributed by atoms with Crippen LogP contribution in [0.1, 0.15) is 46.3 Å². The van der Waals surface area contributed by atoms with E-state index in [0.717, 1.165) is 37.4 Å². The van der Waals surface area contributed by atoms with Crippen LogP contribution in [0, 0.1) is 0 Å². The van der Waals surface area contributed by atoms with Gasteiger partial charge in [-0.15, -0.1) is 11.3 Å². The smallest absolute Gasteiger partial charge is 0.264 e. The lowest BCUT2D eigenvalue weighted by molar-refractivity contribution is 0.0509. The fourth-order valence-corrected chi connectivity index (χ4v) is 4.74. The van der Waals surface area contributed by atoms with Crippen LogP contribution in [0.3, 0.4) is 0 Å². The predicted octanol–water partition coefficient (Wildman–Crippen LogP) is 2.36. The maximum absolute atomic E-state index is 13.1. The van der Waals surface area contributed by atoms with Gasteiger partial charge in [-0.3, -0.25) is 4.79 Å². The van der Waals surface area contributed by atoms with Gasteiger partial charge < -0.3 is 19.9 Å². The molecule has 0 spiro atoms. The van der Waals surface area contributed by atoms with Crippen LogP contribution < -0.4 is 5.32 Å². The van der Waals surface area contributed by atoms with Gasteiger partial charge in [0.05, 0.1) is 11.5 Å². The minimum atomic E-state index is 0.177. The van der Waals surface area contributed by atoms with E-state index in [1.807, 2.05) is 11.0 Å². The fourth-order valence-electron chi connectivity index (χ4n) is 3.67. The molecule has 0 aromatic carbocycles. The van der Waals surface area contributed by atoms with Crippen molar-refractivity contribution in [2.45, 2.75) is 37.8 Å². The quantitative estimate of drug-likeness (QED) is 0.855. The van der Waals surface area contributed by atoms with Crippen LogP contribution >= 0.6 is 11.3 Å². The number of methoxy groups -OCH3 is 1. The molecule has 1 atom stereocenters. The Morgan fingerprint density at radius 1 is 1.38 bits per heavy atom. The summed E-state index contributed by atoms with van der Waals surface area (Å²) >= 11 is 1.66. The average Bonchev–Trinajstić information content (AvgIpc) is 3.27. The summed E-state index contributed by atoms with van der Waals surface area (Å²) in [5.74, 6) is 0.177. The van der Waals surface area contributed by atoms with Gasteiger partial charge in [-0.2, -0.15) is 0 Å². The molecule has 5 nitrogen and oxygen atoms in total. The molecular weight excluding hydrogens is 322 g/mol. The number of hydrogen-bond acceptors (Lipinski definition) is 5. The fraction of sp³-hybridized carbons (Fsp3) is 0.722. The maximum Gasteiger partial charge on any atom is 0.264 e. The van der Waals surface area contributed by atoms with Gasteiger partial charge in [-0.25, -0.2) is 0 Å². The van der Waals surface area contributed by atoms with Crippen LogP contribution in [-0.4, -0.2) is 68.7 Å². The minimum Gasteiger partial charge on any atom is -0.383 e. The zero-order chi connectivity index (χ0) is 16.9. The van der Waals surface area contributed by atoms with Crippen molar-refractivity contribution in [2.24, 2.45) is 0 Å². The molecule has 2 aliphatic rings. The lowest BCUT2D eigenvalue weighted by Crippen LogP contribution is -2.47. The van der Waals surface area contributed by atoms with Crippen molar-refractivity contribution in [2.75, 3.05) is 46.9 Å². The summed E-state index contributed by atoms with van der Waals surface area (Å²) in [4.78, 5) is 19.7. The zero-order valence-corrected chi connectivity index (χ0v) is 15.6. The Balaban J connectivity index is 1.70. The number of likely N-dealkylation sites (tertiary alicyclic amines) is 1. The third-order valence-electron chi connectivity index (χ3n) is 5.17. The molecule has 3 rings (SSSR count). The molecule has 1 N–H and O–H groups in total. The van der Waals surface area contributed by atoms with Crippen LogP contribution in [0.5, 0.6) is 0 Å². The molecule has 0 bridgehead atoms. The van der Waals surface area contributed by atoms with E-state index < -0.39 is 0 Å². The lowest BCUT2D eigenvalue weighted by atomic mass is 10.0. The normalized spacial score (nSPS) is 22.8. The Labute approximate surface area is 149 Å². The molecule has 0 aliphatic carbocycles. The number of rotatable bonds is 6. The van der Waals surface area contributed by atoms with E-state index in [2.05, 4.69) is 23.3 Å². The standard InChI is InChI=1S/C18H29N3O2S/c1-20-10-7-14(8-11-20)21(12-13-23-2)18(22)17-6-5-16(24-17)15-4-3-9-19-15/h5-6,14-15,19H,3-4,7-13H2,1-2H3/t15-/m1/s1. The third kappa shape index (κ3) is 4.17. The van der Waals surface area contributed by atoms with E-state index in [9.17, 15) is 4.79 Å². The summed E-state index contributed by atoms with van der Waals surface area (Å²) in [6.07, 6.45) is 4.50. The minimum absolute atomic E-state index is 0.177. The second-order valence-electron chi connectivity index (χ2n) is 6.88. The Morgan fingerprint density at radius 2 is 2.17 bits per heavy atom. The maximum atomic E-state index is 13.1. The first-order chi connectivity index (χ1) is 11.7. The van der Waals surface area contributed by atoms with E-state index in [4.69, 9.17) is 4.74 Å². The molecule has 0 unspecified atom stereocenters. The van der Waals surface area contributed by atoms with Gasteiger partial charge in [0.25, 0.3) is 5.91 Å². The van der Waals surface area contributed by atoms with Gasteiger partial charge in [0.15, 0.2) is 0 Å². The van der Waals surface area contributed by atoms with E-state index >= 15 is 0 Å². The predicted molar refractivity (Wildman–Crippen MR) is 97.7 cm³/mol. The van der Waals surface area contributed by atoms with E-state index in [0.29, 0.717) is 25.2 Å². The summed E-state index contributed by atoms with van der Waals surface area (Å²) in [6, 6.07) is 4.91. The van der Waals surface area contributed by atoms with Crippen LogP contribution in [0.25, 0.3) is 0 Å². The molecule has 2 saturated heterocycles. The van der Waals surface area contributed by atoms with E-state index in [-0.39, 0.29) is 5.91 Å². The van der Waals surface area contributed by atoms with Gasteiger partial charge in [0, 0.05) is 30.6 Å². The molecule has 1 aromatic rings. The largest absolute Gasteiger partial charge is 0.383 e. The van der Waals surface area contributed by atoms with Gasteiger partial charge in [-0.05, 0) is 64.5 Å². The number of nitrogens with one attached hydrogen (secondary N) is 1. The first-order valence-electron chi connectivity index (χ1n) is 9.00. The number of carbonyl (C=O) groups is 1. The number of carbonyl (C=O) groups excluding carboxylic acids is 1. The van der Waals surface area contributed by atoms with Crippen molar-refractivity contribution in [1.29, 1.82) is 0 Å². The Morgan fingerprint density at radius 3 is 2.83 bits per heavy atom. The van der Waals surface area contributed by atoms with Gasteiger partial charge in [0.1, 0.15) is 0 Å². The van der Waals surface area contributed by atoms with Crippen molar-refractivity contribution in [3.63, 3.8) is 0 Å². The second-order valence-corrected chi connectivity index (χ2v) is 7.99. The van der Waals surface area contributed by atoms with Crippen molar-refractivity contribution >= 4 is 17.2 Å². The number of hydrogen-bond donors (Lipinski definition) is 1. The second kappa shape index (κ2) is 8.43. The molecule has 6 heteroatoms. The Kier molecular flexibility index (Phi) is 6.27. The number of amides is 1. The van der Waals surface area contributed by atoms with Gasteiger partial charge >= 0.3 is 0 Å². The highest BCUT2D eigenvalue weighted by atomic mass is 32.1. The number of ether oxygens (including phenoxy) is 1. The van der Waals surface area contributed by atoms with Gasteiger partial charge in [0.2, 0.25) is 0 Å². The van der Waals surface area contributed by atoms with Crippen molar-refractivity contribution in [3.05, 3.63) is 21.9 Å². The topological polar surface area (TPSA) is 44.8 Å². The number of nitrogens with zero attached hydrogens (tertiary/aromatic N) is 2. The summed E-state index contributed by atoms with van der Waals surface area (Å²) in [6.45, 7) is 4.48. The van der Waals surface area contributed by atoms with Crippen molar-refractivity contribution in [1.82, 2.24) is 15.1 Å². The molecule has 0 saturated carbocycles. The molecule has 1 amide bonds. The summed E-state index contributed by atoms with van der Waals surface area (Å²) in [7, 11) is 3.85. The molecule has 3 heterocycles. The molecule has 2 aliphatic heterocycles. The monoisotopic (exact) mass is 351 g/mol. The highest BCUT2D eigenvalue weighted by Crippen LogP contribution is 2.30. The molecular formula is C18H29N3O2S. The summed E-state index contributed by atoms with van der Waals surface area (Å²) < 4.78 is 5.25. The lowest BCUT2D eigenvalue weighted by Gasteiger charge is -2.37. The van der Waals surface area contributed by atoms with E-state index in [1.54, 1.807) is 18.4 Å². The number of thiophene rings is 1. The number of piperidine rings is 1. The van der Waals surface area contributed by atoms with Crippen molar-refractivity contribution in [3.8, 4) is 0 Å². The zero-order valence-electron chi connectivity index (χ0n) is 14.8. The Hall–Kier alpha value is -0.950.